The fourth-order valence-corrected chi connectivity index (χ4v) is 2.73. The lowest BCUT2D eigenvalue weighted by Gasteiger charge is -2.28. The van der Waals surface area contributed by atoms with Crippen LogP contribution in [-0.2, 0) is 0 Å². The largest absolute Gasteiger partial charge is 0.385 e. The molecule has 106 valence electrons. The van der Waals surface area contributed by atoms with Crippen molar-refractivity contribution in [1.29, 1.82) is 0 Å². The summed E-state index contributed by atoms with van der Waals surface area (Å²) in [5.41, 5.74) is 2.65. The van der Waals surface area contributed by atoms with Crippen molar-refractivity contribution >= 4 is 11.4 Å². The third kappa shape index (κ3) is 4.77. The van der Waals surface area contributed by atoms with Gasteiger partial charge in [-0.05, 0) is 49.9 Å². The molecule has 0 saturated carbocycles. The monoisotopic (exact) mass is 260 g/mol. The van der Waals surface area contributed by atoms with E-state index in [2.05, 4.69) is 41.4 Å². The number of piperidine rings is 1. The zero-order chi connectivity index (χ0) is 13.3. The number of unbranched alkanes of at least 4 members (excludes halogenated alkanes) is 3. The van der Waals surface area contributed by atoms with Crippen molar-refractivity contribution in [2.45, 2.75) is 51.9 Å². The highest BCUT2D eigenvalue weighted by Gasteiger charge is 2.10. The molecule has 2 heteroatoms. The second-order valence-electron chi connectivity index (χ2n) is 5.58. The molecule has 1 N–H and O–H groups in total. The lowest BCUT2D eigenvalue weighted by atomic mass is 10.1. The summed E-state index contributed by atoms with van der Waals surface area (Å²) in [7, 11) is 0. The van der Waals surface area contributed by atoms with E-state index in [0.29, 0.717) is 0 Å². The minimum absolute atomic E-state index is 1.10. The molecule has 0 aromatic heterocycles. The van der Waals surface area contributed by atoms with Crippen molar-refractivity contribution in [2.24, 2.45) is 0 Å². The van der Waals surface area contributed by atoms with Crippen LogP contribution in [0.3, 0.4) is 0 Å². The minimum Gasteiger partial charge on any atom is -0.385 e. The summed E-state index contributed by atoms with van der Waals surface area (Å²) in [6, 6.07) is 8.98. The van der Waals surface area contributed by atoms with Crippen LogP contribution in [0.25, 0.3) is 0 Å². The molecule has 0 spiro atoms. The fraction of sp³-hybridized carbons (Fsp3) is 0.647. The molecule has 1 aromatic rings. The quantitative estimate of drug-likeness (QED) is 0.717. The van der Waals surface area contributed by atoms with E-state index in [1.54, 1.807) is 0 Å². The average Bonchev–Trinajstić information content (AvgIpc) is 2.49. The second kappa shape index (κ2) is 8.08. The van der Waals surface area contributed by atoms with Crippen molar-refractivity contribution in [1.82, 2.24) is 0 Å². The predicted octanol–water partition coefficient (Wildman–Crippen LogP) is 4.67. The van der Waals surface area contributed by atoms with Crippen molar-refractivity contribution in [3.63, 3.8) is 0 Å². The maximum Gasteiger partial charge on any atom is 0.0367 e. The van der Waals surface area contributed by atoms with E-state index in [4.69, 9.17) is 0 Å². The van der Waals surface area contributed by atoms with E-state index in [0.717, 1.165) is 6.54 Å². The number of nitrogens with zero attached hydrogens (tertiary/aromatic N) is 1. The molecule has 2 nitrogen and oxygen atoms in total. The summed E-state index contributed by atoms with van der Waals surface area (Å²) >= 11 is 0. The summed E-state index contributed by atoms with van der Waals surface area (Å²) in [6.45, 7) is 5.81. The summed E-state index contributed by atoms with van der Waals surface area (Å²) in [5, 5.41) is 3.52. The van der Waals surface area contributed by atoms with Crippen LogP contribution < -0.4 is 10.2 Å². The molecule has 1 aliphatic rings. The van der Waals surface area contributed by atoms with E-state index in [-0.39, 0.29) is 0 Å². The van der Waals surface area contributed by atoms with Crippen molar-refractivity contribution < 1.29 is 0 Å². The maximum atomic E-state index is 3.52. The molecule has 2 rings (SSSR count). The number of nitrogens with one attached hydrogen (secondary N) is 1. The van der Waals surface area contributed by atoms with Crippen LogP contribution in [0.2, 0.25) is 0 Å². The van der Waals surface area contributed by atoms with E-state index >= 15 is 0 Å². The summed E-state index contributed by atoms with van der Waals surface area (Å²) in [5.74, 6) is 0. The number of hydrogen-bond acceptors (Lipinski definition) is 2. The first-order valence-electron chi connectivity index (χ1n) is 7.99. The lowest BCUT2D eigenvalue weighted by Crippen LogP contribution is -2.29. The van der Waals surface area contributed by atoms with Crippen LogP contribution in [0.1, 0.15) is 51.9 Å². The average molecular weight is 260 g/mol. The van der Waals surface area contributed by atoms with Crippen LogP contribution in [0.5, 0.6) is 0 Å². The van der Waals surface area contributed by atoms with Crippen LogP contribution in [-0.4, -0.2) is 19.6 Å². The van der Waals surface area contributed by atoms with Gasteiger partial charge in [-0.3, -0.25) is 0 Å². The zero-order valence-corrected chi connectivity index (χ0v) is 12.3. The molecule has 0 amide bonds. The summed E-state index contributed by atoms with van der Waals surface area (Å²) < 4.78 is 0. The Kier molecular flexibility index (Phi) is 6.06. The molecule has 0 bridgehead atoms. The van der Waals surface area contributed by atoms with Gasteiger partial charge >= 0.3 is 0 Å². The molecule has 0 radical (unpaired) electrons. The van der Waals surface area contributed by atoms with Gasteiger partial charge in [0.1, 0.15) is 0 Å². The highest BCUT2D eigenvalue weighted by atomic mass is 15.1. The normalized spacial score (nSPS) is 15.5. The number of benzene rings is 1. The Hall–Kier alpha value is -1.18. The van der Waals surface area contributed by atoms with Crippen molar-refractivity contribution in [3.05, 3.63) is 24.3 Å². The number of rotatable bonds is 7. The predicted molar refractivity (Wildman–Crippen MR) is 85.1 cm³/mol. The van der Waals surface area contributed by atoms with Crippen LogP contribution in [0.15, 0.2) is 24.3 Å². The third-order valence-corrected chi connectivity index (χ3v) is 3.95. The topological polar surface area (TPSA) is 15.3 Å². The second-order valence-corrected chi connectivity index (χ2v) is 5.58. The molecule has 1 aliphatic heterocycles. The summed E-state index contributed by atoms with van der Waals surface area (Å²) in [4.78, 5) is 2.51. The third-order valence-electron chi connectivity index (χ3n) is 3.95. The van der Waals surface area contributed by atoms with Gasteiger partial charge < -0.3 is 10.2 Å². The highest BCUT2D eigenvalue weighted by molar-refractivity contribution is 5.55. The number of anilines is 2. The van der Waals surface area contributed by atoms with Crippen LogP contribution in [0.4, 0.5) is 11.4 Å². The van der Waals surface area contributed by atoms with Gasteiger partial charge in [-0.2, -0.15) is 0 Å². The molecule has 1 heterocycles. The van der Waals surface area contributed by atoms with Gasteiger partial charge in [0.15, 0.2) is 0 Å². The molecule has 0 aliphatic carbocycles. The summed E-state index contributed by atoms with van der Waals surface area (Å²) in [6.07, 6.45) is 9.37. The van der Waals surface area contributed by atoms with Gasteiger partial charge in [0.25, 0.3) is 0 Å². The first-order valence-corrected chi connectivity index (χ1v) is 7.99. The van der Waals surface area contributed by atoms with Gasteiger partial charge in [0.2, 0.25) is 0 Å². The molecule has 1 aromatic carbocycles. The van der Waals surface area contributed by atoms with Gasteiger partial charge in [0, 0.05) is 31.0 Å². The van der Waals surface area contributed by atoms with E-state index in [9.17, 15) is 0 Å². The maximum absolute atomic E-state index is 3.52. The van der Waals surface area contributed by atoms with E-state index in [1.165, 1.54) is 69.4 Å². The zero-order valence-electron chi connectivity index (χ0n) is 12.3. The number of hydrogen-bond donors (Lipinski definition) is 1. The smallest absolute Gasteiger partial charge is 0.0367 e. The molecule has 19 heavy (non-hydrogen) atoms. The van der Waals surface area contributed by atoms with Gasteiger partial charge in [-0.15, -0.1) is 0 Å². The first kappa shape index (κ1) is 14.2. The highest BCUT2D eigenvalue weighted by Crippen LogP contribution is 2.21. The SMILES string of the molecule is CCCCCCNc1ccc(N2CCCCC2)cc1. The Bertz CT molecular complexity index is 339. The van der Waals surface area contributed by atoms with E-state index < -0.39 is 0 Å². The molecule has 1 fully saturated rings. The van der Waals surface area contributed by atoms with Crippen molar-refractivity contribution in [2.75, 3.05) is 29.9 Å². The van der Waals surface area contributed by atoms with Crippen molar-refractivity contribution in [3.8, 4) is 0 Å². The van der Waals surface area contributed by atoms with Gasteiger partial charge in [-0.25, -0.2) is 0 Å². The molecular weight excluding hydrogens is 232 g/mol. The standard InChI is InChI=1S/C17H28N2/c1-2-3-4-6-13-18-16-9-11-17(12-10-16)19-14-7-5-8-15-19/h9-12,18H,2-8,13-15H2,1H3. The van der Waals surface area contributed by atoms with Gasteiger partial charge in [-0.1, -0.05) is 26.2 Å². The molecule has 1 saturated heterocycles. The Balaban J connectivity index is 1.74. The first-order chi connectivity index (χ1) is 9.40. The molecule has 0 unspecified atom stereocenters. The van der Waals surface area contributed by atoms with Crippen LogP contribution in [0, 0.1) is 0 Å². The Morgan fingerprint density at radius 3 is 2.37 bits per heavy atom. The lowest BCUT2D eigenvalue weighted by molar-refractivity contribution is 0.578. The van der Waals surface area contributed by atoms with Crippen LogP contribution >= 0.6 is 0 Å². The van der Waals surface area contributed by atoms with Gasteiger partial charge in [0.05, 0.1) is 0 Å². The van der Waals surface area contributed by atoms with E-state index in [1.807, 2.05) is 0 Å². The molecule has 0 atom stereocenters. The Morgan fingerprint density at radius 2 is 1.68 bits per heavy atom. The molecular formula is C17H28N2. The minimum atomic E-state index is 1.10. The Labute approximate surface area is 118 Å². The Morgan fingerprint density at radius 1 is 0.947 bits per heavy atom. The fourth-order valence-electron chi connectivity index (χ4n) is 2.73.